The lowest BCUT2D eigenvalue weighted by molar-refractivity contribution is -0.139. The van der Waals surface area contributed by atoms with Crippen LogP contribution in [0.5, 0.6) is 5.75 Å². The van der Waals surface area contributed by atoms with E-state index in [1.807, 2.05) is 97.1 Å². The Kier molecular flexibility index (Phi) is 6.65. The second-order valence-corrected chi connectivity index (χ2v) is 8.26. The highest BCUT2D eigenvalue weighted by atomic mass is 16.5. The quantitative estimate of drug-likeness (QED) is 0.255. The van der Waals surface area contributed by atoms with Crippen LogP contribution >= 0.6 is 0 Å². The van der Waals surface area contributed by atoms with Gasteiger partial charge in [0.2, 0.25) is 0 Å². The topological polar surface area (TPSA) is 79.9 Å². The molecule has 0 bridgehead atoms. The van der Waals surface area contributed by atoms with Crippen LogP contribution in [0.1, 0.15) is 5.56 Å². The minimum absolute atomic E-state index is 0.202. The summed E-state index contributed by atoms with van der Waals surface area (Å²) < 4.78 is 12.0. The van der Waals surface area contributed by atoms with Gasteiger partial charge in [0.05, 0.1) is 6.61 Å². The molecule has 0 aliphatic rings. The maximum absolute atomic E-state index is 10.9. The van der Waals surface area contributed by atoms with E-state index in [-0.39, 0.29) is 6.61 Å². The van der Waals surface area contributed by atoms with Crippen LogP contribution in [-0.2, 0) is 11.4 Å². The van der Waals surface area contributed by atoms with Gasteiger partial charge >= 0.3 is 5.97 Å². The lowest BCUT2D eigenvalue weighted by Crippen LogP contribution is -2.09. The molecule has 5 aromatic rings. The van der Waals surface area contributed by atoms with E-state index in [1.165, 1.54) is 0 Å². The van der Waals surface area contributed by atoms with Crippen molar-refractivity contribution in [3.05, 3.63) is 115 Å². The number of aliphatic hydroxyl groups excluding tert-OH is 1. The van der Waals surface area contributed by atoms with Gasteiger partial charge in [0.1, 0.15) is 17.3 Å². The number of benzene rings is 4. The summed E-state index contributed by atoms with van der Waals surface area (Å²) in [5, 5.41) is 19.5. The third-order valence-electron chi connectivity index (χ3n) is 5.94. The molecule has 1 heterocycles. The maximum Gasteiger partial charge on any atom is 0.341 e. The number of aliphatic hydroxyl groups is 1. The van der Waals surface area contributed by atoms with E-state index in [2.05, 4.69) is 0 Å². The molecule has 0 radical (unpaired) electrons. The van der Waals surface area contributed by atoms with Crippen LogP contribution in [0.2, 0.25) is 0 Å². The highest BCUT2D eigenvalue weighted by molar-refractivity contribution is 5.91. The third-order valence-corrected chi connectivity index (χ3v) is 5.94. The standard InChI is InChI=1S/C31H24O5/c32-19-27-29(21-10-3-1-4-11-21)30(22-12-5-2-6-13-22)36-31(27)26-17-8-7-16-25(26)23-14-9-15-24(18-23)35-20-28(33)34/h1-18,32H,19-20H2,(H,33,34). The first-order valence-electron chi connectivity index (χ1n) is 11.6. The van der Waals surface area contributed by atoms with Crippen molar-refractivity contribution in [1.82, 2.24) is 0 Å². The number of aliphatic carboxylic acids is 1. The highest BCUT2D eigenvalue weighted by Gasteiger charge is 2.24. The van der Waals surface area contributed by atoms with Crippen molar-refractivity contribution >= 4 is 5.97 Å². The molecular formula is C31H24O5. The summed E-state index contributed by atoms with van der Waals surface area (Å²) in [7, 11) is 0. The Labute approximate surface area is 208 Å². The van der Waals surface area contributed by atoms with Gasteiger partial charge in [-0.25, -0.2) is 4.79 Å². The molecule has 0 unspecified atom stereocenters. The summed E-state index contributed by atoms with van der Waals surface area (Å²) in [6.07, 6.45) is 0. The summed E-state index contributed by atoms with van der Waals surface area (Å²) in [5.74, 6) is 0.698. The fourth-order valence-corrected chi connectivity index (χ4v) is 4.37. The number of hydrogen-bond acceptors (Lipinski definition) is 4. The summed E-state index contributed by atoms with van der Waals surface area (Å²) in [4.78, 5) is 10.9. The molecule has 178 valence electrons. The zero-order valence-corrected chi connectivity index (χ0v) is 19.4. The first-order chi connectivity index (χ1) is 17.7. The Hall–Kier alpha value is -4.61. The molecule has 5 heteroatoms. The number of furan rings is 1. The molecule has 0 amide bonds. The Balaban J connectivity index is 1.70. The molecule has 0 spiro atoms. The second kappa shape index (κ2) is 10.3. The lowest BCUT2D eigenvalue weighted by atomic mass is 9.93. The van der Waals surface area contributed by atoms with Gasteiger partial charge in [0.25, 0.3) is 0 Å². The van der Waals surface area contributed by atoms with Gasteiger partial charge < -0.3 is 19.4 Å². The van der Waals surface area contributed by atoms with Crippen LogP contribution in [0.15, 0.2) is 114 Å². The highest BCUT2D eigenvalue weighted by Crippen LogP contribution is 2.45. The van der Waals surface area contributed by atoms with E-state index >= 15 is 0 Å². The molecule has 5 rings (SSSR count). The van der Waals surface area contributed by atoms with Gasteiger partial charge in [-0.15, -0.1) is 0 Å². The van der Waals surface area contributed by atoms with Gasteiger partial charge in [-0.2, -0.15) is 0 Å². The van der Waals surface area contributed by atoms with Gasteiger partial charge in [0.15, 0.2) is 6.61 Å². The Bertz CT molecular complexity index is 1490. The number of carbonyl (C=O) groups is 1. The van der Waals surface area contributed by atoms with Crippen molar-refractivity contribution in [3.63, 3.8) is 0 Å². The average molecular weight is 477 g/mol. The monoisotopic (exact) mass is 476 g/mol. The zero-order chi connectivity index (χ0) is 24.9. The second-order valence-electron chi connectivity index (χ2n) is 8.26. The molecule has 0 saturated carbocycles. The largest absolute Gasteiger partial charge is 0.482 e. The van der Waals surface area contributed by atoms with Gasteiger partial charge in [0, 0.05) is 22.3 Å². The van der Waals surface area contributed by atoms with Crippen LogP contribution in [0.4, 0.5) is 0 Å². The van der Waals surface area contributed by atoms with Crippen LogP contribution in [-0.4, -0.2) is 22.8 Å². The number of ether oxygens (including phenoxy) is 1. The Morgan fingerprint density at radius 1 is 0.694 bits per heavy atom. The summed E-state index contributed by atoms with van der Waals surface area (Å²) in [6, 6.07) is 34.8. The Morgan fingerprint density at radius 2 is 1.31 bits per heavy atom. The van der Waals surface area contributed by atoms with Gasteiger partial charge in [-0.05, 0) is 28.8 Å². The molecule has 0 aliphatic heterocycles. The van der Waals surface area contributed by atoms with E-state index in [1.54, 1.807) is 12.1 Å². The first kappa shape index (κ1) is 23.1. The van der Waals surface area contributed by atoms with Crippen LogP contribution < -0.4 is 4.74 Å². The smallest absolute Gasteiger partial charge is 0.341 e. The Morgan fingerprint density at radius 3 is 1.97 bits per heavy atom. The van der Waals surface area contributed by atoms with Crippen LogP contribution in [0.25, 0.3) is 44.9 Å². The molecular weight excluding hydrogens is 452 g/mol. The van der Waals surface area contributed by atoms with Gasteiger partial charge in [-0.1, -0.05) is 97.1 Å². The predicted octanol–water partition coefficient (Wildman–Crippen LogP) is 6.90. The zero-order valence-electron chi connectivity index (χ0n) is 19.4. The molecule has 4 aromatic carbocycles. The SMILES string of the molecule is O=C(O)COc1cccc(-c2ccccc2-c2oc(-c3ccccc3)c(-c3ccccc3)c2CO)c1. The summed E-state index contributed by atoms with van der Waals surface area (Å²) in [6.45, 7) is -0.620. The van der Waals surface area contributed by atoms with E-state index in [4.69, 9.17) is 14.3 Å². The molecule has 0 aliphatic carbocycles. The molecule has 36 heavy (non-hydrogen) atoms. The van der Waals surface area contributed by atoms with E-state index in [0.717, 1.165) is 33.4 Å². The number of carboxylic acids is 1. The minimum Gasteiger partial charge on any atom is -0.482 e. The van der Waals surface area contributed by atoms with Crippen molar-refractivity contribution in [3.8, 4) is 50.7 Å². The lowest BCUT2D eigenvalue weighted by Gasteiger charge is -2.11. The molecule has 1 aromatic heterocycles. The minimum atomic E-state index is -1.04. The van der Waals surface area contributed by atoms with Crippen LogP contribution in [0, 0.1) is 0 Å². The van der Waals surface area contributed by atoms with E-state index in [0.29, 0.717) is 22.8 Å². The maximum atomic E-state index is 10.9. The fourth-order valence-electron chi connectivity index (χ4n) is 4.37. The van der Waals surface area contributed by atoms with Crippen molar-refractivity contribution in [2.45, 2.75) is 6.61 Å². The average Bonchev–Trinajstić information content (AvgIpc) is 3.32. The molecule has 5 nitrogen and oxygen atoms in total. The van der Waals surface area contributed by atoms with E-state index in [9.17, 15) is 9.90 Å². The van der Waals surface area contributed by atoms with Crippen molar-refractivity contribution in [2.24, 2.45) is 0 Å². The summed E-state index contributed by atoms with van der Waals surface area (Å²) in [5.41, 5.74) is 5.96. The van der Waals surface area contributed by atoms with Crippen LogP contribution in [0.3, 0.4) is 0 Å². The van der Waals surface area contributed by atoms with Crippen molar-refractivity contribution in [2.75, 3.05) is 6.61 Å². The number of rotatable bonds is 8. The van der Waals surface area contributed by atoms with E-state index < -0.39 is 12.6 Å². The summed E-state index contributed by atoms with van der Waals surface area (Å²) >= 11 is 0. The number of hydrogen-bond donors (Lipinski definition) is 2. The molecule has 2 N–H and O–H groups in total. The normalized spacial score (nSPS) is 10.8. The van der Waals surface area contributed by atoms with Crippen molar-refractivity contribution < 1.29 is 24.2 Å². The first-order valence-corrected chi connectivity index (χ1v) is 11.6. The molecule has 0 fully saturated rings. The van der Waals surface area contributed by atoms with Gasteiger partial charge in [-0.3, -0.25) is 0 Å². The molecule has 0 atom stereocenters. The third kappa shape index (κ3) is 4.65. The number of carboxylic acid groups (broad SMARTS) is 1. The predicted molar refractivity (Wildman–Crippen MR) is 140 cm³/mol. The molecule has 0 saturated heterocycles. The van der Waals surface area contributed by atoms with Crippen molar-refractivity contribution in [1.29, 1.82) is 0 Å². The fraction of sp³-hybridized carbons (Fsp3) is 0.0645.